The number of aromatic nitrogens is 2. The van der Waals surface area contributed by atoms with Crippen molar-refractivity contribution in [3.63, 3.8) is 0 Å². The molecule has 0 amide bonds. The molecule has 0 radical (unpaired) electrons. The van der Waals surface area contributed by atoms with Crippen LogP contribution in [0.25, 0.3) is 10.2 Å². The van der Waals surface area contributed by atoms with E-state index in [4.69, 9.17) is 14.2 Å². The fourth-order valence-corrected chi connectivity index (χ4v) is 4.29. The number of nitrogens with zero attached hydrogens (tertiary/aromatic N) is 2. The van der Waals surface area contributed by atoms with Gasteiger partial charge in [-0.2, -0.15) is 4.98 Å². The van der Waals surface area contributed by atoms with Crippen molar-refractivity contribution in [1.29, 1.82) is 0 Å². The van der Waals surface area contributed by atoms with Gasteiger partial charge in [-0.1, -0.05) is 24.3 Å². The van der Waals surface area contributed by atoms with Gasteiger partial charge in [-0.15, -0.1) is 11.3 Å². The maximum Gasteiger partial charge on any atom is 0.337 e. The van der Waals surface area contributed by atoms with E-state index >= 15 is 0 Å². The second-order valence-electron chi connectivity index (χ2n) is 7.45. The van der Waals surface area contributed by atoms with E-state index in [-0.39, 0.29) is 12.1 Å². The Labute approximate surface area is 194 Å². The highest BCUT2D eigenvalue weighted by molar-refractivity contribution is 7.17. The molecule has 4 aromatic rings. The number of hydrogen-bond acceptors (Lipinski definition) is 9. The Morgan fingerprint density at radius 3 is 2.73 bits per heavy atom. The van der Waals surface area contributed by atoms with Gasteiger partial charge in [0.25, 0.3) is 0 Å². The van der Waals surface area contributed by atoms with Crippen LogP contribution in [0.3, 0.4) is 0 Å². The lowest BCUT2D eigenvalue weighted by Crippen LogP contribution is -2.35. The van der Waals surface area contributed by atoms with Crippen LogP contribution in [0.4, 0.5) is 11.8 Å². The number of fused-ring (bicyclic) bond motifs is 2. The molecule has 3 heterocycles. The molecule has 0 aliphatic carbocycles. The van der Waals surface area contributed by atoms with E-state index in [2.05, 4.69) is 20.6 Å². The number of benzene rings is 2. The van der Waals surface area contributed by atoms with Gasteiger partial charge in [-0.25, -0.2) is 9.78 Å². The number of carbonyl (C=O) groups excluding carboxylic acids is 1. The van der Waals surface area contributed by atoms with Crippen molar-refractivity contribution >= 4 is 39.3 Å². The lowest BCUT2D eigenvalue weighted by Gasteiger charge is -2.26. The Hall–Kier alpha value is -3.85. The molecular formula is C24H22N4O4S. The van der Waals surface area contributed by atoms with Crippen molar-refractivity contribution in [2.45, 2.75) is 12.6 Å². The summed E-state index contributed by atoms with van der Waals surface area (Å²) in [6.07, 6.45) is -0.147. The maximum absolute atomic E-state index is 11.6. The minimum atomic E-state index is -0.350. The molecule has 1 aliphatic heterocycles. The summed E-state index contributed by atoms with van der Waals surface area (Å²) in [5.74, 6) is 2.42. The van der Waals surface area contributed by atoms with Gasteiger partial charge in [-0.05, 0) is 41.3 Å². The number of methoxy groups -OCH3 is 1. The summed E-state index contributed by atoms with van der Waals surface area (Å²) in [6.45, 7) is 1.52. The predicted molar refractivity (Wildman–Crippen MR) is 127 cm³/mol. The quantitative estimate of drug-likeness (QED) is 0.392. The molecule has 9 heteroatoms. The van der Waals surface area contributed by atoms with Crippen molar-refractivity contribution in [2.24, 2.45) is 0 Å². The Bertz CT molecular complexity index is 1280. The molecule has 0 fully saturated rings. The lowest BCUT2D eigenvalue weighted by molar-refractivity contribution is 0.0600. The second kappa shape index (κ2) is 9.33. The standard InChI is InChI=1S/C24H22N4O4S/c1-30-23(29)16-8-6-15(7-9-16)12-25-22-21-18(10-11-33-21)27-24(28-22)26-13-17-14-31-19-4-2-3-5-20(19)32-17/h2-11,17H,12-14H2,1H3,(H2,25,26,27,28). The fraction of sp³-hybridized carbons (Fsp3) is 0.208. The molecule has 168 valence electrons. The monoisotopic (exact) mass is 462 g/mol. The topological polar surface area (TPSA) is 94.6 Å². The second-order valence-corrected chi connectivity index (χ2v) is 8.37. The molecule has 1 atom stereocenters. The highest BCUT2D eigenvalue weighted by Crippen LogP contribution is 2.31. The number of rotatable bonds is 7. The first kappa shape index (κ1) is 21.0. The van der Waals surface area contributed by atoms with Gasteiger partial charge in [0.1, 0.15) is 18.5 Å². The number of thiophene rings is 1. The molecule has 8 nitrogen and oxygen atoms in total. The first-order valence-electron chi connectivity index (χ1n) is 10.5. The van der Waals surface area contributed by atoms with Crippen LogP contribution >= 0.6 is 11.3 Å². The van der Waals surface area contributed by atoms with Gasteiger partial charge < -0.3 is 24.8 Å². The van der Waals surface area contributed by atoms with Crippen molar-refractivity contribution in [3.05, 3.63) is 71.1 Å². The van der Waals surface area contributed by atoms with Crippen molar-refractivity contribution in [2.75, 3.05) is 30.9 Å². The highest BCUT2D eigenvalue weighted by Gasteiger charge is 2.21. The van der Waals surface area contributed by atoms with Crippen LogP contribution in [0.2, 0.25) is 0 Å². The van der Waals surface area contributed by atoms with Crippen molar-refractivity contribution in [1.82, 2.24) is 9.97 Å². The van der Waals surface area contributed by atoms with Crippen LogP contribution in [0.15, 0.2) is 60.0 Å². The Kier molecular flexibility index (Phi) is 5.95. The van der Waals surface area contributed by atoms with Crippen LogP contribution in [-0.4, -0.2) is 42.3 Å². The molecule has 2 N–H and O–H groups in total. The van der Waals surface area contributed by atoms with E-state index in [9.17, 15) is 4.79 Å². The molecule has 0 saturated carbocycles. The summed E-state index contributed by atoms with van der Waals surface area (Å²) in [7, 11) is 1.37. The molecule has 33 heavy (non-hydrogen) atoms. The Morgan fingerprint density at radius 1 is 1.09 bits per heavy atom. The van der Waals surface area contributed by atoms with E-state index in [1.54, 1.807) is 23.5 Å². The summed E-state index contributed by atoms with van der Waals surface area (Å²) in [5.41, 5.74) is 2.41. The number of anilines is 2. The third-order valence-electron chi connectivity index (χ3n) is 5.19. The number of carbonyl (C=O) groups is 1. The van der Waals surface area contributed by atoms with Gasteiger partial charge in [0, 0.05) is 6.54 Å². The molecule has 5 rings (SSSR count). The van der Waals surface area contributed by atoms with Crippen LogP contribution in [0.5, 0.6) is 11.5 Å². The fourth-order valence-electron chi connectivity index (χ4n) is 3.49. The van der Waals surface area contributed by atoms with Gasteiger partial charge in [0.2, 0.25) is 5.95 Å². The average Bonchev–Trinajstić information content (AvgIpc) is 3.34. The minimum absolute atomic E-state index is 0.147. The van der Waals surface area contributed by atoms with E-state index in [1.807, 2.05) is 47.8 Å². The molecule has 0 saturated heterocycles. The summed E-state index contributed by atoms with van der Waals surface area (Å²) >= 11 is 1.58. The maximum atomic E-state index is 11.6. The molecule has 1 aliphatic rings. The van der Waals surface area contributed by atoms with E-state index in [1.165, 1.54) is 7.11 Å². The number of nitrogens with one attached hydrogen (secondary N) is 2. The molecule has 2 aromatic heterocycles. The number of esters is 1. The largest absolute Gasteiger partial charge is 0.486 e. The van der Waals surface area contributed by atoms with Gasteiger partial charge in [0.15, 0.2) is 11.5 Å². The normalized spacial score (nSPS) is 14.6. The SMILES string of the molecule is COC(=O)c1ccc(CNc2nc(NCC3COc4ccccc4O3)nc3ccsc23)cc1. The lowest BCUT2D eigenvalue weighted by atomic mass is 10.1. The number of para-hydroxylation sites is 2. The molecule has 2 aromatic carbocycles. The number of ether oxygens (including phenoxy) is 3. The summed E-state index contributed by atoms with van der Waals surface area (Å²) < 4.78 is 17.5. The van der Waals surface area contributed by atoms with Crippen molar-refractivity contribution in [3.8, 4) is 11.5 Å². The van der Waals surface area contributed by atoms with Crippen LogP contribution < -0.4 is 20.1 Å². The third kappa shape index (κ3) is 4.68. The summed E-state index contributed by atoms with van der Waals surface area (Å²) in [4.78, 5) is 20.9. The summed E-state index contributed by atoms with van der Waals surface area (Å²) in [6, 6.07) is 16.9. The average molecular weight is 463 g/mol. The zero-order valence-corrected chi connectivity index (χ0v) is 18.7. The Morgan fingerprint density at radius 2 is 1.91 bits per heavy atom. The van der Waals surface area contributed by atoms with E-state index in [0.29, 0.717) is 31.2 Å². The third-order valence-corrected chi connectivity index (χ3v) is 6.10. The molecule has 0 spiro atoms. The van der Waals surface area contributed by atoms with E-state index < -0.39 is 0 Å². The zero-order valence-electron chi connectivity index (χ0n) is 17.9. The molecule has 1 unspecified atom stereocenters. The number of hydrogen-bond donors (Lipinski definition) is 2. The molecule has 0 bridgehead atoms. The van der Waals surface area contributed by atoms with Gasteiger partial charge in [-0.3, -0.25) is 0 Å². The summed E-state index contributed by atoms with van der Waals surface area (Å²) in [5, 5.41) is 8.66. The van der Waals surface area contributed by atoms with Crippen molar-refractivity contribution < 1.29 is 19.0 Å². The first-order valence-corrected chi connectivity index (χ1v) is 11.4. The highest BCUT2D eigenvalue weighted by atomic mass is 32.1. The van der Waals surface area contributed by atoms with E-state index in [0.717, 1.165) is 33.1 Å². The smallest absolute Gasteiger partial charge is 0.337 e. The zero-order chi connectivity index (χ0) is 22.6. The van der Waals surface area contributed by atoms with Gasteiger partial charge >= 0.3 is 5.97 Å². The molecular weight excluding hydrogens is 440 g/mol. The van der Waals surface area contributed by atoms with Crippen LogP contribution in [0.1, 0.15) is 15.9 Å². The minimum Gasteiger partial charge on any atom is -0.486 e. The van der Waals surface area contributed by atoms with Crippen LogP contribution in [0, 0.1) is 0 Å². The van der Waals surface area contributed by atoms with Gasteiger partial charge in [0.05, 0.1) is 29.4 Å². The van der Waals surface area contributed by atoms with Crippen LogP contribution in [-0.2, 0) is 11.3 Å². The predicted octanol–water partition coefficient (Wildman–Crippen LogP) is 4.34. The Balaban J connectivity index is 1.26. The first-order chi connectivity index (χ1) is 16.2.